The average Bonchev–Trinajstić information content (AvgIpc) is 2.86. The third-order valence-corrected chi connectivity index (χ3v) is 6.85. The van der Waals surface area contributed by atoms with E-state index in [1.807, 2.05) is 30.3 Å². The zero-order chi connectivity index (χ0) is 23.7. The molecule has 1 amide bonds. The highest BCUT2D eigenvalue weighted by Crippen LogP contribution is 2.35. The second kappa shape index (κ2) is 11.4. The maximum atomic E-state index is 13.5. The molecule has 0 bridgehead atoms. The molecular weight excluding hydrogens is 440 g/mol. The van der Waals surface area contributed by atoms with Crippen LogP contribution in [0.4, 0.5) is 5.69 Å². The largest absolute Gasteiger partial charge is 0.497 e. The summed E-state index contributed by atoms with van der Waals surface area (Å²) in [7, 11) is -1.11. The van der Waals surface area contributed by atoms with Gasteiger partial charge >= 0.3 is 0 Å². The quantitative estimate of drug-likeness (QED) is 0.434. The number of ether oxygens (including phenoxy) is 2. The second-order valence-corrected chi connectivity index (χ2v) is 9.16. The molecule has 0 aliphatic rings. The van der Waals surface area contributed by atoms with Crippen LogP contribution in [0.25, 0.3) is 0 Å². The Labute approximate surface area is 195 Å². The first-order valence-corrected chi connectivity index (χ1v) is 12.0. The number of hydrogen-bond acceptors (Lipinski definition) is 5. The van der Waals surface area contributed by atoms with Crippen LogP contribution < -0.4 is 19.1 Å². The zero-order valence-corrected chi connectivity index (χ0v) is 19.5. The smallest absolute Gasteiger partial charge is 0.264 e. The molecule has 0 fully saturated rings. The van der Waals surface area contributed by atoms with Crippen molar-refractivity contribution < 1.29 is 22.7 Å². The number of benzene rings is 3. The molecule has 0 spiro atoms. The fraction of sp³-hybridized carbons (Fsp3) is 0.240. The topological polar surface area (TPSA) is 84.9 Å². The van der Waals surface area contributed by atoms with E-state index in [1.54, 1.807) is 36.4 Å². The monoisotopic (exact) mass is 468 g/mol. The number of anilines is 1. The van der Waals surface area contributed by atoms with Gasteiger partial charge in [0.15, 0.2) is 0 Å². The number of methoxy groups -OCH3 is 2. The standard InChI is InChI=1S/C25H28N2O5S/c1-31-21-15-16-24(32-2)23(18-21)27(33(29,30)22-13-7-4-8-14-22)19-25(28)26-17-9-12-20-10-5-3-6-11-20/h3-8,10-11,13-16,18H,9,12,17,19H2,1-2H3,(H,26,28). The molecule has 7 nitrogen and oxygen atoms in total. The molecule has 0 saturated carbocycles. The van der Waals surface area contributed by atoms with E-state index in [0.717, 1.165) is 17.1 Å². The van der Waals surface area contributed by atoms with Crippen LogP contribution in [0.3, 0.4) is 0 Å². The molecule has 0 radical (unpaired) electrons. The van der Waals surface area contributed by atoms with Crippen molar-refractivity contribution in [2.24, 2.45) is 0 Å². The first-order valence-electron chi connectivity index (χ1n) is 10.6. The van der Waals surface area contributed by atoms with Crippen LogP contribution in [0.15, 0.2) is 83.8 Å². The first-order chi connectivity index (χ1) is 16.0. The van der Waals surface area contributed by atoms with E-state index in [2.05, 4.69) is 5.32 Å². The van der Waals surface area contributed by atoms with Gasteiger partial charge < -0.3 is 14.8 Å². The Morgan fingerprint density at radius 1 is 0.909 bits per heavy atom. The Kier molecular flexibility index (Phi) is 8.32. The minimum absolute atomic E-state index is 0.0757. The lowest BCUT2D eigenvalue weighted by molar-refractivity contribution is -0.119. The van der Waals surface area contributed by atoms with E-state index in [1.165, 1.54) is 31.9 Å². The lowest BCUT2D eigenvalue weighted by Crippen LogP contribution is -2.41. The average molecular weight is 469 g/mol. The van der Waals surface area contributed by atoms with Gasteiger partial charge in [0, 0.05) is 12.6 Å². The minimum Gasteiger partial charge on any atom is -0.497 e. The second-order valence-electron chi connectivity index (χ2n) is 7.30. The van der Waals surface area contributed by atoms with Crippen molar-refractivity contribution in [2.75, 3.05) is 31.6 Å². The number of carbonyl (C=O) groups excluding carboxylic acids is 1. The Hall–Kier alpha value is -3.52. The van der Waals surface area contributed by atoms with Crippen LogP contribution in [0.1, 0.15) is 12.0 Å². The van der Waals surface area contributed by atoms with Crippen LogP contribution in [0.2, 0.25) is 0 Å². The third kappa shape index (κ3) is 6.26. The molecule has 0 atom stereocenters. The predicted molar refractivity (Wildman–Crippen MR) is 128 cm³/mol. The number of amides is 1. The number of nitrogens with zero attached hydrogens (tertiary/aromatic N) is 1. The lowest BCUT2D eigenvalue weighted by atomic mass is 10.1. The van der Waals surface area contributed by atoms with Crippen LogP contribution in [-0.4, -0.2) is 41.6 Å². The van der Waals surface area contributed by atoms with Gasteiger partial charge in [-0.25, -0.2) is 8.42 Å². The summed E-state index contributed by atoms with van der Waals surface area (Å²) in [6.07, 6.45) is 1.56. The van der Waals surface area contributed by atoms with Crippen molar-refractivity contribution in [2.45, 2.75) is 17.7 Å². The highest BCUT2D eigenvalue weighted by atomic mass is 32.2. The molecule has 0 unspecified atom stereocenters. The molecule has 0 aromatic heterocycles. The molecule has 0 aliphatic heterocycles. The molecule has 3 aromatic carbocycles. The minimum atomic E-state index is -4.04. The number of sulfonamides is 1. The summed E-state index contributed by atoms with van der Waals surface area (Å²) in [5.74, 6) is 0.349. The Morgan fingerprint density at radius 3 is 2.21 bits per heavy atom. The summed E-state index contributed by atoms with van der Waals surface area (Å²) < 4.78 is 38.7. The van der Waals surface area contributed by atoms with E-state index in [0.29, 0.717) is 18.0 Å². The summed E-state index contributed by atoms with van der Waals surface area (Å²) in [6, 6.07) is 22.8. The van der Waals surface area contributed by atoms with E-state index in [9.17, 15) is 13.2 Å². The van der Waals surface area contributed by atoms with Gasteiger partial charge in [-0.3, -0.25) is 9.10 Å². The number of aryl methyl sites for hydroxylation is 1. The van der Waals surface area contributed by atoms with Crippen LogP contribution >= 0.6 is 0 Å². The molecule has 8 heteroatoms. The molecular formula is C25H28N2O5S. The van der Waals surface area contributed by atoms with Crippen LogP contribution in [0.5, 0.6) is 11.5 Å². The van der Waals surface area contributed by atoms with Crippen molar-refractivity contribution in [1.82, 2.24) is 5.32 Å². The van der Waals surface area contributed by atoms with Gasteiger partial charge in [-0.15, -0.1) is 0 Å². The molecule has 3 rings (SSSR count). The van der Waals surface area contributed by atoms with Crippen molar-refractivity contribution in [3.05, 3.63) is 84.4 Å². The summed E-state index contributed by atoms with van der Waals surface area (Å²) in [5.41, 5.74) is 1.40. The van der Waals surface area contributed by atoms with E-state index in [4.69, 9.17) is 9.47 Å². The molecule has 33 heavy (non-hydrogen) atoms. The molecule has 174 valence electrons. The zero-order valence-electron chi connectivity index (χ0n) is 18.7. The van der Waals surface area contributed by atoms with Crippen LogP contribution in [0, 0.1) is 0 Å². The normalized spacial score (nSPS) is 11.0. The SMILES string of the molecule is COc1ccc(OC)c(N(CC(=O)NCCCc2ccccc2)S(=O)(=O)c2ccccc2)c1. The number of hydrogen-bond donors (Lipinski definition) is 1. The fourth-order valence-electron chi connectivity index (χ4n) is 3.36. The Morgan fingerprint density at radius 2 is 1.58 bits per heavy atom. The van der Waals surface area contributed by atoms with Gasteiger partial charge in [0.1, 0.15) is 18.0 Å². The van der Waals surface area contributed by atoms with Crippen molar-refractivity contribution in [3.8, 4) is 11.5 Å². The fourth-order valence-corrected chi connectivity index (χ4v) is 4.81. The van der Waals surface area contributed by atoms with Gasteiger partial charge in [0.05, 0.1) is 24.8 Å². The predicted octanol–water partition coefficient (Wildman–Crippen LogP) is 3.65. The highest BCUT2D eigenvalue weighted by molar-refractivity contribution is 7.92. The third-order valence-electron chi connectivity index (χ3n) is 5.08. The maximum Gasteiger partial charge on any atom is 0.264 e. The van der Waals surface area contributed by atoms with Crippen molar-refractivity contribution >= 4 is 21.6 Å². The van der Waals surface area contributed by atoms with Gasteiger partial charge in [-0.2, -0.15) is 0 Å². The lowest BCUT2D eigenvalue weighted by Gasteiger charge is -2.26. The van der Waals surface area contributed by atoms with Gasteiger partial charge in [0.2, 0.25) is 5.91 Å². The molecule has 0 saturated heterocycles. The number of rotatable bonds is 11. The number of carbonyl (C=O) groups is 1. The Bertz CT molecular complexity index is 1150. The maximum absolute atomic E-state index is 13.5. The highest BCUT2D eigenvalue weighted by Gasteiger charge is 2.29. The molecule has 3 aromatic rings. The Balaban J connectivity index is 1.81. The summed E-state index contributed by atoms with van der Waals surface area (Å²) >= 11 is 0. The first kappa shape index (κ1) is 24.1. The van der Waals surface area contributed by atoms with Crippen molar-refractivity contribution in [1.29, 1.82) is 0 Å². The molecule has 0 heterocycles. The number of nitrogens with one attached hydrogen (secondary N) is 1. The van der Waals surface area contributed by atoms with Gasteiger partial charge in [-0.05, 0) is 42.7 Å². The van der Waals surface area contributed by atoms with Crippen LogP contribution in [-0.2, 0) is 21.2 Å². The van der Waals surface area contributed by atoms with Gasteiger partial charge in [0.25, 0.3) is 10.0 Å². The van der Waals surface area contributed by atoms with Gasteiger partial charge in [-0.1, -0.05) is 48.5 Å². The molecule has 1 N–H and O–H groups in total. The summed E-state index contributed by atoms with van der Waals surface area (Å²) in [6.45, 7) is 0.0360. The summed E-state index contributed by atoms with van der Waals surface area (Å²) in [5, 5.41) is 2.83. The van der Waals surface area contributed by atoms with E-state index < -0.39 is 22.5 Å². The van der Waals surface area contributed by atoms with E-state index in [-0.39, 0.29) is 10.6 Å². The van der Waals surface area contributed by atoms with E-state index >= 15 is 0 Å². The van der Waals surface area contributed by atoms with Crippen molar-refractivity contribution in [3.63, 3.8) is 0 Å². The summed E-state index contributed by atoms with van der Waals surface area (Å²) in [4.78, 5) is 12.9. The molecule has 0 aliphatic carbocycles.